The normalized spacial score (nSPS) is 11.1. The molecule has 1 amide bonds. The Balaban J connectivity index is 1.83. The molecule has 1 N–H and O–H groups in total. The zero-order chi connectivity index (χ0) is 16.1. The summed E-state index contributed by atoms with van der Waals surface area (Å²) >= 11 is 3.23. The van der Waals surface area contributed by atoms with E-state index in [0.29, 0.717) is 18.9 Å². The SMILES string of the molecule is Cc1ccc(C(=O)NCCc2nnc(SCC(C)C)n2C)s1. The van der Waals surface area contributed by atoms with Gasteiger partial charge in [-0.25, -0.2) is 0 Å². The molecule has 0 unspecified atom stereocenters. The number of amides is 1. The van der Waals surface area contributed by atoms with Crippen LogP contribution in [-0.2, 0) is 13.5 Å². The Bertz CT molecular complexity index is 633. The van der Waals surface area contributed by atoms with E-state index in [0.717, 1.165) is 26.5 Å². The Morgan fingerprint density at radius 1 is 1.41 bits per heavy atom. The van der Waals surface area contributed by atoms with Crippen molar-refractivity contribution < 1.29 is 4.79 Å². The van der Waals surface area contributed by atoms with Crippen LogP contribution in [0.3, 0.4) is 0 Å². The number of rotatable bonds is 7. The second-order valence-corrected chi connectivity index (χ2v) is 7.85. The summed E-state index contributed by atoms with van der Waals surface area (Å²) in [6.45, 7) is 6.94. The maximum absolute atomic E-state index is 12.0. The fourth-order valence-electron chi connectivity index (χ4n) is 1.86. The zero-order valence-electron chi connectivity index (χ0n) is 13.4. The Morgan fingerprint density at radius 3 is 2.82 bits per heavy atom. The molecule has 0 aliphatic carbocycles. The number of aryl methyl sites for hydroxylation is 1. The lowest BCUT2D eigenvalue weighted by molar-refractivity contribution is 0.0958. The van der Waals surface area contributed by atoms with Gasteiger partial charge in [0.05, 0.1) is 4.88 Å². The fraction of sp³-hybridized carbons (Fsp3) is 0.533. The van der Waals surface area contributed by atoms with Crippen molar-refractivity contribution in [2.45, 2.75) is 32.3 Å². The van der Waals surface area contributed by atoms with Crippen molar-refractivity contribution in [3.63, 3.8) is 0 Å². The molecular weight excluding hydrogens is 316 g/mol. The highest BCUT2D eigenvalue weighted by molar-refractivity contribution is 7.99. The number of carbonyl (C=O) groups excluding carboxylic acids is 1. The predicted octanol–water partition coefficient (Wildman–Crippen LogP) is 2.91. The van der Waals surface area contributed by atoms with Gasteiger partial charge < -0.3 is 9.88 Å². The summed E-state index contributed by atoms with van der Waals surface area (Å²) in [7, 11) is 1.97. The lowest BCUT2D eigenvalue weighted by atomic mass is 10.3. The minimum Gasteiger partial charge on any atom is -0.351 e. The van der Waals surface area contributed by atoms with E-state index < -0.39 is 0 Å². The van der Waals surface area contributed by atoms with Crippen molar-refractivity contribution in [1.82, 2.24) is 20.1 Å². The minimum atomic E-state index is -0.0188. The molecule has 2 aromatic rings. The molecule has 0 fully saturated rings. The molecule has 0 aliphatic rings. The van der Waals surface area contributed by atoms with E-state index in [1.807, 2.05) is 30.7 Å². The van der Waals surface area contributed by atoms with Crippen LogP contribution in [0.4, 0.5) is 0 Å². The molecule has 2 aromatic heterocycles. The first-order chi connectivity index (χ1) is 10.5. The minimum absolute atomic E-state index is 0.0188. The number of nitrogens with one attached hydrogen (secondary N) is 1. The van der Waals surface area contributed by atoms with Gasteiger partial charge in [-0.2, -0.15) is 0 Å². The lowest BCUT2D eigenvalue weighted by Crippen LogP contribution is -2.25. The average Bonchev–Trinajstić information content (AvgIpc) is 3.04. The molecule has 0 atom stereocenters. The average molecular weight is 339 g/mol. The van der Waals surface area contributed by atoms with E-state index in [-0.39, 0.29) is 5.91 Å². The number of aromatic nitrogens is 3. The summed E-state index contributed by atoms with van der Waals surface area (Å²) in [6, 6.07) is 3.82. The van der Waals surface area contributed by atoms with Gasteiger partial charge in [-0.3, -0.25) is 4.79 Å². The fourth-order valence-corrected chi connectivity index (χ4v) is 3.53. The van der Waals surface area contributed by atoms with Gasteiger partial charge in [0, 0.05) is 30.6 Å². The summed E-state index contributed by atoms with van der Waals surface area (Å²) in [5.74, 6) is 2.53. The molecule has 2 heterocycles. The summed E-state index contributed by atoms with van der Waals surface area (Å²) in [5.41, 5.74) is 0. The van der Waals surface area contributed by atoms with Crippen LogP contribution in [0.15, 0.2) is 17.3 Å². The Morgan fingerprint density at radius 2 is 2.18 bits per heavy atom. The van der Waals surface area contributed by atoms with Gasteiger partial charge in [-0.05, 0) is 25.0 Å². The molecule has 0 radical (unpaired) electrons. The summed E-state index contributed by atoms with van der Waals surface area (Å²) < 4.78 is 2.01. The molecule has 0 bridgehead atoms. The van der Waals surface area contributed by atoms with Gasteiger partial charge in [0.15, 0.2) is 5.16 Å². The van der Waals surface area contributed by atoms with Crippen molar-refractivity contribution in [2.75, 3.05) is 12.3 Å². The van der Waals surface area contributed by atoms with E-state index >= 15 is 0 Å². The Hall–Kier alpha value is -1.34. The number of carbonyl (C=O) groups is 1. The third-order valence-electron chi connectivity index (χ3n) is 3.07. The molecule has 0 saturated carbocycles. The van der Waals surface area contributed by atoms with Gasteiger partial charge >= 0.3 is 0 Å². The number of thiophene rings is 1. The molecule has 0 aromatic carbocycles. The lowest BCUT2D eigenvalue weighted by Gasteiger charge is -2.06. The van der Waals surface area contributed by atoms with Crippen LogP contribution in [0, 0.1) is 12.8 Å². The van der Waals surface area contributed by atoms with Crippen molar-refractivity contribution in [3.05, 3.63) is 27.7 Å². The second-order valence-electron chi connectivity index (χ2n) is 5.58. The van der Waals surface area contributed by atoms with Gasteiger partial charge in [-0.15, -0.1) is 21.5 Å². The maximum atomic E-state index is 12.0. The van der Waals surface area contributed by atoms with Gasteiger partial charge in [-0.1, -0.05) is 25.6 Å². The van der Waals surface area contributed by atoms with Gasteiger partial charge in [0.25, 0.3) is 5.91 Å². The molecule has 0 aliphatic heterocycles. The predicted molar refractivity (Wildman–Crippen MR) is 91.7 cm³/mol. The van der Waals surface area contributed by atoms with Crippen LogP contribution in [0.2, 0.25) is 0 Å². The molecular formula is C15H22N4OS2. The third-order valence-corrected chi connectivity index (χ3v) is 5.52. The first-order valence-corrected chi connectivity index (χ1v) is 9.13. The Kier molecular flexibility index (Phi) is 6.02. The van der Waals surface area contributed by atoms with E-state index in [9.17, 15) is 4.79 Å². The number of hydrogen-bond donors (Lipinski definition) is 1. The molecule has 7 heteroatoms. The van der Waals surface area contributed by atoms with Crippen molar-refractivity contribution in [1.29, 1.82) is 0 Å². The highest BCUT2D eigenvalue weighted by Crippen LogP contribution is 2.18. The van der Waals surface area contributed by atoms with Crippen molar-refractivity contribution in [2.24, 2.45) is 13.0 Å². The van der Waals surface area contributed by atoms with Crippen LogP contribution < -0.4 is 5.32 Å². The number of nitrogens with zero attached hydrogens (tertiary/aromatic N) is 3. The van der Waals surface area contributed by atoms with Crippen LogP contribution in [0.1, 0.15) is 34.2 Å². The van der Waals surface area contributed by atoms with E-state index in [2.05, 4.69) is 29.4 Å². The molecule has 2 rings (SSSR count). The molecule has 0 saturated heterocycles. The van der Waals surface area contributed by atoms with Gasteiger partial charge in [0.2, 0.25) is 0 Å². The van der Waals surface area contributed by atoms with E-state index in [4.69, 9.17) is 0 Å². The maximum Gasteiger partial charge on any atom is 0.261 e. The van der Waals surface area contributed by atoms with Crippen LogP contribution in [0.25, 0.3) is 0 Å². The number of thioether (sulfide) groups is 1. The van der Waals surface area contributed by atoms with Crippen LogP contribution in [0.5, 0.6) is 0 Å². The standard InChI is InChI=1S/C15H22N4OS2/c1-10(2)9-21-15-18-17-13(19(15)4)7-8-16-14(20)12-6-5-11(3)22-12/h5-6,10H,7-9H2,1-4H3,(H,16,20). The third kappa shape index (κ3) is 4.58. The highest BCUT2D eigenvalue weighted by atomic mass is 32.2. The number of hydrogen-bond acceptors (Lipinski definition) is 5. The first-order valence-electron chi connectivity index (χ1n) is 7.33. The largest absolute Gasteiger partial charge is 0.351 e. The monoisotopic (exact) mass is 338 g/mol. The molecule has 22 heavy (non-hydrogen) atoms. The van der Waals surface area contributed by atoms with E-state index in [1.54, 1.807) is 11.8 Å². The Labute approximate surface area is 139 Å². The zero-order valence-corrected chi connectivity index (χ0v) is 15.1. The van der Waals surface area contributed by atoms with Crippen LogP contribution in [-0.4, -0.2) is 33.0 Å². The quantitative estimate of drug-likeness (QED) is 0.789. The molecule has 120 valence electrons. The molecule has 5 nitrogen and oxygen atoms in total. The van der Waals surface area contributed by atoms with Gasteiger partial charge in [0.1, 0.15) is 5.82 Å². The highest BCUT2D eigenvalue weighted by Gasteiger charge is 2.11. The first kappa shape index (κ1) is 17.0. The van der Waals surface area contributed by atoms with Crippen molar-refractivity contribution >= 4 is 29.0 Å². The van der Waals surface area contributed by atoms with Crippen LogP contribution >= 0.6 is 23.1 Å². The van der Waals surface area contributed by atoms with E-state index in [1.165, 1.54) is 11.3 Å². The van der Waals surface area contributed by atoms with Crippen molar-refractivity contribution in [3.8, 4) is 0 Å². The summed E-state index contributed by atoms with van der Waals surface area (Å²) in [4.78, 5) is 13.9. The second kappa shape index (κ2) is 7.78. The summed E-state index contributed by atoms with van der Waals surface area (Å²) in [6.07, 6.45) is 0.682. The molecule has 0 spiro atoms. The smallest absolute Gasteiger partial charge is 0.261 e. The summed E-state index contributed by atoms with van der Waals surface area (Å²) in [5, 5.41) is 12.3. The topological polar surface area (TPSA) is 59.8 Å².